The number of para-hydroxylation sites is 1. The van der Waals surface area contributed by atoms with Gasteiger partial charge in [-0.05, 0) is 80.8 Å². The predicted molar refractivity (Wildman–Crippen MR) is 118 cm³/mol. The van der Waals surface area contributed by atoms with Crippen molar-refractivity contribution in [3.05, 3.63) is 29.8 Å². The van der Waals surface area contributed by atoms with Gasteiger partial charge in [-0.3, -0.25) is 4.79 Å². The smallest absolute Gasteiger partial charge is 0.331 e. The van der Waals surface area contributed by atoms with Crippen molar-refractivity contribution >= 4 is 18.0 Å². The third-order valence-electron chi connectivity index (χ3n) is 7.56. The maximum Gasteiger partial charge on any atom is 0.331 e. The Kier molecular flexibility index (Phi) is 6.26. The summed E-state index contributed by atoms with van der Waals surface area (Å²) in [5, 5.41) is 3.12. The highest BCUT2D eigenvalue weighted by Gasteiger charge is 2.53. The fraction of sp³-hybridized carbons (Fsp3) is 0.600. The van der Waals surface area contributed by atoms with Crippen molar-refractivity contribution in [3.63, 3.8) is 0 Å². The number of rotatable bonds is 8. The van der Waals surface area contributed by atoms with Crippen molar-refractivity contribution in [3.8, 4) is 11.5 Å². The molecule has 4 aliphatic carbocycles. The number of nitrogens with one attached hydrogen (secondary N) is 1. The zero-order valence-corrected chi connectivity index (χ0v) is 18.7. The first kappa shape index (κ1) is 21.7. The van der Waals surface area contributed by atoms with Crippen LogP contribution in [0.4, 0.5) is 0 Å². The van der Waals surface area contributed by atoms with Crippen LogP contribution in [-0.4, -0.2) is 38.7 Å². The molecule has 0 saturated heterocycles. The average molecular weight is 428 g/mol. The average Bonchev–Trinajstić information content (AvgIpc) is 2.74. The van der Waals surface area contributed by atoms with Gasteiger partial charge in [0.25, 0.3) is 5.91 Å². The highest BCUT2D eigenvalue weighted by atomic mass is 16.5. The molecule has 1 amide bonds. The molecule has 5 rings (SSSR count). The van der Waals surface area contributed by atoms with Crippen LogP contribution in [0.3, 0.4) is 0 Å². The largest absolute Gasteiger partial charge is 0.493 e. The quantitative estimate of drug-likeness (QED) is 0.502. The molecule has 0 spiro atoms. The van der Waals surface area contributed by atoms with Crippen LogP contribution in [-0.2, 0) is 14.3 Å². The Labute approximate surface area is 184 Å². The first-order valence-electron chi connectivity index (χ1n) is 11.3. The Balaban J connectivity index is 1.28. The maximum atomic E-state index is 12.5. The second-order valence-corrected chi connectivity index (χ2v) is 9.59. The number of hydrogen-bond donors (Lipinski definition) is 1. The number of carbonyl (C=O) groups is 2. The van der Waals surface area contributed by atoms with Crippen LogP contribution in [0.2, 0.25) is 0 Å². The van der Waals surface area contributed by atoms with E-state index in [1.807, 2.05) is 12.1 Å². The molecular formula is C25H33NO5. The summed E-state index contributed by atoms with van der Waals surface area (Å²) in [5.41, 5.74) is 0.927. The highest BCUT2D eigenvalue weighted by Crippen LogP contribution is 2.61. The minimum atomic E-state index is -0.567. The van der Waals surface area contributed by atoms with E-state index in [4.69, 9.17) is 14.2 Å². The van der Waals surface area contributed by atoms with Gasteiger partial charge in [-0.2, -0.15) is 0 Å². The van der Waals surface area contributed by atoms with Gasteiger partial charge in [0.1, 0.15) is 0 Å². The third-order valence-corrected chi connectivity index (χ3v) is 7.56. The summed E-state index contributed by atoms with van der Waals surface area (Å²) < 4.78 is 15.8. The van der Waals surface area contributed by atoms with E-state index < -0.39 is 5.97 Å². The Morgan fingerprint density at radius 1 is 1.10 bits per heavy atom. The summed E-state index contributed by atoms with van der Waals surface area (Å²) in [6.07, 6.45) is 10.7. The van der Waals surface area contributed by atoms with E-state index in [9.17, 15) is 9.59 Å². The summed E-state index contributed by atoms with van der Waals surface area (Å²) in [6.45, 7) is 1.86. The molecule has 31 heavy (non-hydrogen) atoms. The molecule has 168 valence electrons. The van der Waals surface area contributed by atoms with E-state index in [1.54, 1.807) is 26.4 Å². The van der Waals surface area contributed by atoms with Crippen LogP contribution in [0.25, 0.3) is 6.08 Å². The van der Waals surface area contributed by atoms with Gasteiger partial charge in [-0.15, -0.1) is 0 Å². The van der Waals surface area contributed by atoms with Crippen LogP contribution in [0, 0.1) is 23.2 Å². The van der Waals surface area contributed by atoms with Gasteiger partial charge in [0.2, 0.25) is 0 Å². The number of hydrogen-bond acceptors (Lipinski definition) is 5. The number of carbonyl (C=O) groups excluding carboxylic acids is 2. The van der Waals surface area contributed by atoms with Crippen molar-refractivity contribution in [1.29, 1.82) is 0 Å². The molecule has 0 heterocycles. The summed E-state index contributed by atoms with van der Waals surface area (Å²) in [4.78, 5) is 24.6. The van der Waals surface area contributed by atoms with Gasteiger partial charge < -0.3 is 19.5 Å². The highest BCUT2D eigenvalue weighted by molar-refractivity contribution is 5.90. The summed E-state index contributed by atoms with van der Waals surface area (Å²) >= 11 is 0. The van der Waals surface area contributed by atoms with Crippen molar-refractivity contribution in [2.45, 2.75) is 51.5 Å². The van der Waals surface area contributed by atoms with Gasteiger partial charge in [0, 0.05) is 17.7 Å². The number of amides is 1. The first-order chi connectivity index (χ1) is 14.9. The molecule has 0 aromatic heterocycles. The first-order valence-corrected chi connectivity index (χ1v) is 11.3. The van der Waals surface area contributed by atoms with Crippen LogP contribution in [0.5, 0.6) is 11.5 Å². The normalized spacial score (nSPS) is 29.6. The molecule has 1 atom stereocenters. The lowest BCUT2D eigenvalue weighted by Gasteiger charge is -2.59. The number of ether oxygens (including phenoxy) is 3. The molecule has 6 heteroatoms. The van der Waals surface area contributed by atoms with Crippen LogP contribution < -0.4 is 14.8 Å². The zero-order valence-electron chi connectivity index (χ0n) is 18.7. The molecule has 1 aromatic rings. The Morgan fingerprint density at radius 2 is 1.74 bits per heavy atom. The Bertz CT molecular complexity index is 826. The molecule has 0 unspecified atom stereocenters. The van der Waals surface area contributed by atoms with E-state index in [1.165, 1.54) is 44.6 Å². The SMILES string of the molecule is COc1cccc(/C=C/C(=O)OCC(=O)N[C@@H](C)C23CC4CC(CC(C4)C2)C3)c1OC. The standard InChI is InChI=1S/C25H33NO5/c1-16(25-12-17-9-18(13-25)11-19(10-17)14-25)26-22(27)15-31-23(28)8-7-20-5-4-6-21(29-2)24(20)30-3/h4-8,16-19H,9-15H2,1-3H3,(H,26,27)/b8-7+/t16-,17?,18?,19?,25?/m0/s1. The molecule has 4 saturated carbocycles. The van der Waals surface area contributed by atoms with E-state index >= 15 is 0 Å². The van der Waals surface area contributed by atoms with E-state index in [-0.39, 0.29) is 24.0 Å². The second kappa shape index (κ2) is 8.93. The van der Waals surface area contributed by atoms with Crippen molar-refractivity contribution in [2.24, 2.45) is 23.2 Å². The lowest BCUT2D eigenvalue weighted by Crippen LogP contribution is -2.56. The van der Waals surface area contributed by atoms with Crippen molar-refractivity contribution in [2.75, 3.05) is 20.8 Å². The van der Waals surface area contributed by atoms with Crippen LogP contribution >= 0.6 is 0 Å². The minimum Gasteiger partial charge on any atom is -0.493 e. The fourth-order valence-corrected chi connectivity index (χ4v) is 6.53. The maximum absolute atomic E-state index is 12.5. The molecule has 4 bridgehead atoms. The molecule has 4 aliphatic rings. The summed E-state index contributed by atoms with van der Waals surface area (Å²) in [6, 6.07) is 5.52. The number of benzene rings is 1. The lowest BCUT2D eigenvalue weighted by molar-refractivity contribution is -0.145. The molecular weight excluding hydrogens is 394 g/mol. The summed E-state index contributed by atoms with van der Waals surface area (Å²) in [7, 11) is 3.10. The Morgan fingerprint density at radius 3 is 2.32 bits per heavy atom. The molecule has 1 N–H and O–H groups in total. The van der Waals surface area contributed by atoms with Crippen LogP contribution in [0.1, 0.15) is 51.0 Å². The molecule has 1 aromatic carbocycles. The van der Waals surface area contributed by atoms with Crippen LogP contribution in [0.15, 0.2) is 24.3 Å². The van der Waals surface area contributed by atoms with Gasteiger partial charge >= 0.3 is 5.97 Å². The third kappa shape index (κ3) is 4.58. The Hall–Kier alpha value is -2.50. The van der Waals surface area contributed by atoms with E-state index in [0.29, 0.717) is 17.1 Å². The lowest BCUT2D eigenvalue weighted by atomic mass is 9.48. The van der Waals surface area contributed by atoms with Gasteiger partial charge in [0.15, 0.2) is 18.1 Å². The molecule has 0 aliphatic heterocycles. The summed E-state index contributed by atoms with van der Waals surface area (Å²) in [5.74, 6) is 2.82. The minimum absolute atomic E-state index is 0.115. The fourth-order valence-electron chi connectivity index (χ4n) is 6.53. The molecule has 6 nitrogen and oxygen atoms in total. The number of methoxy groups -OCH3 is 2. The van der Waals surface area contributed by atoms with Gasteiger partial charge in [-0.1, -0.05) is 12.1 Å². The van der Waals surface area contributed by atoms with E-state index in [0.717, 1.165) is 17.8 Å². The monoisotopic (exact) mass is 427 g/mol. The molecule has 0 radical (unpaired) electrons. The topological polar surface area (TPSA) is 73.9 Å². The molecule has 4 fully saturated rings. The van der Waals surface area contributed by atoms with E-state index in [2.05, 4.69) is 12.2 Å². The van der Waals surface area contributed by atoms with Gasteiger partial charge in [-0.25, -0.2) is 4.79 Å². The number of esters is 1. The predicted octanol–water partition coefficient (Wildman–Crippen LogP) is 3.98. The second-order valence-electron chi connectivity index (χ2n) is 9.59. The van der Waals surface area contributed by atoms with Crippen molar-refractivity contribution in [1.82, 2.24) is 5.32 Å². The van der Waals surface area contributed by atoms with Crippen molar-refractivity contribution < 1.29 is 23.8 Å². The zero-order chi connectivity index (χ0) is 22.0. The van der Waals surface area contributed by atoms with Gasteiger partial charge in [0.05, 0.1) is 14.2 Å².